The van der Waals surface area contributed by atoms with Crippen molar-refractivity contribution in [3.8, 4) is 0 Å². The second-order valence-corrected chi connectivity index (χ2v) is 6.92. The summed E-state index contributed by atoms with van der Waals surface area (Å²) in [6.45, 7) is 9.44. The third-order valence-corrected chi connectivity index (χ3v) is 4.94. The van der Waals surface area contributed by atoms with Crippen LogP contribution in [0.1, 0.15) is 46.0 Å². The molecule has 1 spiro atoms. The Balaban J connectivity index is 1.55. The second kappa shape index (κ2) is 5.10. The molecule has 0 radical (unpaired) electrons. The first kappa shape index (κ1) is 12.9. The Morgan fingerprint density at radius 3 is 2.78 bits per heavy atom. The molecule has 1 saturated carbocycles. The summed E-state index contributed by atoms with van der Waals surface area (Å²) in [6.07, 6.45) is 6.93. The molecule has 3 rings (SSSR count). The van der Waals surface area contributed by atoms with Crippen LogP contribution in [0.2, 0.25) is 0 Å². The van der Waals surface area contributed by atoms with Crippen LogP contribution < -0.4 is 5.32 Å². The molecule has 2 unspecified atom stereocenters. The van der Waals surface area contributed by atoms with Gasteiger partial charge in [-0.2, -0.15) is 0 Å². The lowest BCUT2D eigenvalue weighted by atomic mass is 9.93. The molecule has 104 valence electrons. The van der Waals surface area contributed by atoms with E-state index in [9.17, 15) is 0 Å². The van der Waals surface area contributed by atoms with E-state index in [1.165, 1.54) is 58.3 Å². The zero-order valence-electron chi connectivity index (χ0n) is 12.0. The van der Waals surface area contributed by atoms with Crippen LogP contribution in [0.5, 0.6) is 0 Å². The Morgan fingerprint density at radius 1 is 1.28 bits per heavy atom. The van der Waals surface area contributed by atoms with Crippen LogP contribution in [0.3, 0.4) is 0 Å². The fourth-order valence-corrected chi connectivity index (χ4v) is 3.95. The van der Waals surface area contributed by atoms with Crippen molar-refractivity contribution in [2.24, 2.45) is 11.8 Å². The minimum atomic E-state index is 0.0268. The van der Waals surface area contributed by atoms with Gasteiger partial charge < -0.3 is 9.64 Å². The van der Waals surface area contributed by atoms with Crippen LogP contribution in [-0.4, -0.2) is 42.9 Å². The van der Waals surface area contributed by atoms with Gasteiger partial charge in [-0.1, -0.05) is 20.3 Å². The number of nitrogens with zero attached hydrogens (tertiary/aromatic N) is 1. The van der Waals surface area contributed by atoms with Gasteiger partial charge in [-0.15, -0.1) is 0 Å². The van der Waals surface area contributed by atoms with E-state index in [0.29, 0.717) is 6.10 Å². The summed E-state index contributed by atoms with van der Waals surface area (Å²) < 4.78 is 6.45. The van der Waals surface area contributed by atoms with Crippen molar-refractivity contribution in [3.63, 3.8) is 0 Å². The molecule has 0 amide bonds. The summed E-state index contributed by atoms with van der Waals surface area (Å²) in [6, 6.07) is 0. The fraction of sp³-hybridized carbons (Fsp3) is 1.00. The molecule has 2 aliphatic heterocycles. The number of hydrogen-bond donors (Lipinski definition) is 1. The molecular formula is C15H28N2O. The highest BCUT2D eigenvalue weighted by Gasteiger charge is 2.44. The molecule has 0 aromatic heterocycles. The largest absolute Gasteiger partial charge is 0.357 e. The first-order valence-corrected chi connectivity index (χ1v) is 7.82. The number of hydrogen-bond acceptors (Lipinski definition) is 3. The number of piperidine rings is 1. The van der Waals surface area contributed by atoms with Crippen LogP contribution in [0, 0.1) is 11.8 Å². The molecule has 3 heteroatoms. The van der Waals surface area contributed by atoms with Crippen LogP contribution in [-0.2, 0) is 4.74 Å². The molecule has 3 aliphatic rings. The van der Waals surface area contributed by atoms with Gasteiger partial charge in [0.05, 0.1) is 6.10 Å². The minimum Gasteiger partial charge on any atom is -0.357 e. The van der Waals surface area contributed by atoms with Crippen LogP contribution in [0.25, 0.3) is 0 Å². The highest BCUT2D eigenvalue weighted by atomic mass is 16.5. The molecule has 0 bridgehead atoms. The maximum atomic E-state index is 6.45. The van der Waals surface area contributed by atoms with Crippen LogP contribution in [0.15, 0.2) is 0 Å². The highest BCUT2D eigenvalue weighted by Crippen LogP contribution is 2.38. The molecule has 2 heterocycles. The number of ether oxygens (including phenoxy) is 1. The summed E-state index contributed by atoms with van der Waals surface area (Å²) >= 11 is 0. The average molecular weight is 252 g/mol. The van der Waals surface area contributed by atoms with Crippen molar-refractivity contribution >= 4 is 0 Å². The van der Waals surface area contributed by atoms with E-state index in [4.69, 9.17) is 4.74 Å². The Morgan fingerprint density at radius 2 is 2.06 bits per heavy atom. The van der Waals surface area contributed by atoms with Gasteiger partial charge in [-0.05, 0) is 24.7 Å². The Bertz CT molecular complexity index is 284. The average Bonchev–Trinajstić information content (AvgIpc) is 2.79. The number of rotatable bonds is 2. The molecule has 1 aliphatic carbocycles. The number of nitrogens with one attached hydrogen (secondary N) is 1. The molecule has 1 N–H and O–H groups in total. The zero-order valence-corrected chi connectivity index (χ0v) is 12.0. The molecule has 2 saturated heterocycles. The lowest BCUT2D eigenvalue weighted by Gasteiger charge is -2.48. The third kappa shape index (κ3) is 2.59. The SMILES string of the molecule is CC(C)CN1CCC2(CC1)NCC1CCCC1O2. The Hall–Kier alpha value is -0.120. The standard InChI is InChI=1S/C15H28N2O/c1-12(2)11-17-8-6-15(7-9-17)16-10-13-4-3-5-14(13)18-15/h12-14,16H,3-11H2,1-2H3. The van der Waals surface area contributed by atoms with E-state index in [1.54, 1.807) is 0 Å². The van der Waals surface area contributed by atoms with E-state index < -0.39 is 0 Å². The number of fused-ring (bicyclic) bond motifs is 1. The Kier molecular flexibility index (Phi) is 3.65. The van der Waals surface area contributed by atoms with Gasteiger partial charge in [0.25, 0.3) is 0 Å². The predicted molar refractivity (Wildman–Crippen MR) is 73.5 cm³/mol. The third-order valence-electron chi connectivity index (χ3n) is 4.94. The maximum absolute atomic E-state index is 6.45. The molecule has 3 fully saturated rings. The van der Waals surface area contributed by atoms with Crippen molar-refractivity contribution in [1.82, 2.24) is 10.2 Å². The smallest absolute Gasteiger partial charge is 0.122 e. The number of likely N-dealkylation sites (tertiary alicyclic amines) is 1. The summed E-state index contributed by atoms with van der Waals surface area (Å²) in [7, 11) is 0. The molecule has 0 aromatic rings. The zero-order chi connectivity index (χ0) is 12.6. The molecule has 2 atom stereocenters. The lowest BCUT2D eigenvalue weighted by Crippen LogP contribution is -2.61. The van der Waals surface area contributed by atoms with Gasteiger partial charge in [-0.25, -0.2) is 0 Å². The second-order valence-electron chi connectivity index (χ2n) is 6.92. The van der Waals surface area contributed by atoms with Crippen molar-refractivity contribution in [3.05, 3.63) is 0 Å². The summed E-state index contributed by atoms with van der Waals surface area (Å²) in [5.41, 5.74) is 0.0268. The van der Waals surface area contributed by atoms with Gasteiger partial charge >= 0.3 is 0 Å². The molecule has 0 aromatic carbocycles. The van der Waals surface area contributed by atoms with Crippen LogP contribution >= 0.6 is 0 Å². The van der Waals surface area contributed by atoms with Crippen molar-refractivity contribution in [1.29, 1.82) is 0 Å². The van der Waals surface area contributed by atoms with E-state index >= 15 is 0 Å². The Labute approximate surface area is 111 Å². The molecule has 18 heavy (non-hydrogen) atoms. The quantitative estimate of drug-likeness (QED) is 0.815. The van der Waals surface area contributed by atoms with Gasteiger partial charge in [0.1, 0.15) is 5.72 Å². The van der Waals surface area contributed by atoms with E-state index in [2.05, 4.69) is 24.1 Å². The van der Waals surface area contributed by atoms with Gasteiger partial charge in [0.15, 0.2) is 0 Å². The van der Waals surface area contributed by atoms with Crippen molar-refractivity contribution < 1.29 is 4.74 Å². The van der Waals surface area contributed by atoms with Crippen molar-refractivity contribution in [2.45, 2.75) is 57.8 Å². The van der Waals surface area contributed by atoms with Gasteiger partial charge in [-0.3, -0.25) is 5.32 Å². The summed E-state index contributed by atoms with van der Waals surface area (Å²) in [5, 5.41) is 3.73. The first-order valence-electron chi connectivity index (χ1n) is 7.82. The van der Waals surface area contributed by atoms with Gasteiger partial charge in [0.2, 0.25) is 0 Å². The van der Waals surface area contributed by atoms with Crippen molar-refractivity contribution in [2.75, 3.05) is 26.2 Å². The summed E-state index contributed by atoms with van der Waals surface area (Å²) in [5.74, 6) is 1.57. The predicted octanol–water partition coefficient (Wildman–Crippen LogP) is 2.22. The highest BCUT2D eigenvalue weighted by molar-refractivity contribution is 4.94. The first-order chi connectivity index (χ1) is 8.67. The normalized spacial score (nSPS) is 36.2. The fourth-order valence-electron chi connectivity index (χ4n) is 3.95. The minimum absolute atomic E-state index is 0.0268. The van der Waals surface area contributed by atoms with Gasteiger partial charge in [0, 0.05) is 39.0 Å². The maximum Gasteiger partial charge on any atom is 0.122 e. The van der Waals surface area contributed by atoms with E-state index in [0.717, 1.165) is 11.8 Å². The summed E-state index contributed by atoms with van der Waals surface area (Å²) in [4.78, 5) is 2.60. The van der Waals surface area contributed by atoms with Crippen LogP contribution in [0.4, 0.5) is 0 Å². The monoisotopic (exact) mass is 252 g/mol. The topological polar surface area (TPSA) is 24.5 Å². The van der Waals surface area contributed by atoms with E-state index in [1.807, 2.05) is 0 Å². The van der Waals surface area contributed by atoms with E-state index in [-0.39, 0.29) is 5.72 Å². The lowest BCUT2D eigenvalue weighted by molar-refractivity contribution is -0.179. The molecular weight excluding hydrogens is 224 g/mol. The molecule has 3 nitrogen and oxygen atoms in total.